The summed E-state index contributed by atoms with van der Waals surface area (Å²) in [5, 5.41) is 8.38. The maximum absolute atomic E-state index is 12.0. The first-order valence-electron chi connectivity index (χ1n) is 7.10. The van der Waals surface area contributed by atoms with Gasteiger partial charge in [0, 0.05) is 17.8 Å². The van der Waals surface area contributed by atoms with Crippen LogP contribution in [0.3, 0.4) is 0 Å². The van der Waals surface area contributed by atoms with Crippen LogP contribution in [0.1, 0.15) is 30.5 Å². The molecule has 0 saturated carbocycles. The molecule has 5 heteroatoms. The summed E-state index contributed by atoms with van der Waals surface area (Å²) in [6.45, 7) is 3.96. The molecule has 0 aliphatic heterocycles. The molecule has 0 aliphatic carbocycles. The van der Waals surface area contributed by atoms with Gasteiger partial charge in [0.15, 0.2) is 0 Å². The van der Waals surface area contributed by atoms with Crippen molar-refractivity contribution in [3.05, 3.63) is 41.6 Å². The van der Waals surface area contributed by atoms with Crippen LogP contribution in [-0.2, 0) is 4.79 Å². The Labute approximate surface area is 133 Å². The third-order valence-corrected chi connectivity index (χ3v) is 3.79. The molecule has 0 radical (unpaired) electrons. The monoisotopic (exact) mass is 349 g/mol. The molecule has 1 aromatic carbocycles. The first kappa shape index (κ1) is 15.8. The number of unbranched alkanes of at least 4 members (excludes halogenated alkanes) is 1. The van der Waals surface area contributed by atoms with E-state index < -0.39 is 0 Å². The molecule has 0 atom stereocenters. The van der Waals surface area contributed by atoms with Gasteiger partial charge in [-0.15, -0.1) is 0 Å². The maximum atomic E-state index is 12.0. The van der Waals surface area contributed by atoms with Crippen molar-refractivity contribution in [2.24, 2.45) is 0 Å². The molecule has 0 spiro atoms. The van der Waals surface area contributed by atoms with Crippen molar-refractivity contribution in [1.82, 2.24) is 9.78 Å². The molecule has 21 heavy (non-hydrogen) atoms. The molecule has 112 valence electrons. The highest BCUT2D eigenvalue weighted by molar-refractivity contribution is 9.09. The highest BCUT2D eigenvalue weighted by Gasteiger charge is 2.11. The average molecular weight is 350 g/mol. The van der Waals surface area contributed by atoms with Gasteiger partial charge in [0.05, 0.1) is 11.4 Å². The number of rotatable bonds is 6. The maximum Gasteiger partial charge on any atom is 0.225 e. The van der Waals surface area contributed by atoms with Crippen molar-refractivity contribution in [3.63, 3.8) is 0 Å². The molecule has 0 aliphatic rings. The lowest BCUT2D eigenvalue weighted by atomic mass is 10.2. The second kappa shape index (κ2) is 7.41. The molecule has 1 N–H and O–H groups in total. The summed E-state index contributed by atoms with van der Waals surface area (Å²) >= 11 is 3.37. The number of nitrogens with one attached hydrogen (secondary N) is 1. The zero-order chi connectivity index (χ0) is 15.2. The van der Waals surface area contributed by atoms with E-state index in [2.05, 4.69) is 26.3 Å². The van der Waals surface area contributed by atoms with Crippen LogP contribution in [0.4, 0.5) is 5.82 Å². The Balaban J connectivity index is 2.18. The van der Waals surface area contributed by atoms with E-state index in [9.17, 15) is 4.79 Å². The number of amides is 1. The van der Waals surface area contributed by atoms with E-state index in [0.29, 0.717) is 6.42 Å². The number of hydrogen-bond donors (Lipinski definition) is 1. The number of benzene rings is 1. The summed E-state index contributed by atoms with van der Waals surface area (Å²) in [4.78, 5) is 12.0. The minimum atomic E-state index is 0.0330. The predicted molar refractivity (Wildman–Crippen MR) is 89.3 cm³/mol. The number of nitrogens with zero attached hydrogens (tertiary/aromatic N) is 2. The quantitative estimate of drug-likeness (QED) is 0.632. The standard InChI is InChI=1S/C16H20BrN3O/c1-12-7-3-4-8-14(12)20-15(11-13(2)19-20)18-16(21)9-5-6-10-17/h3-4,7-8,11H,5-6,9-10H2,1-2H3,(H,18,21). The van der Waals surface area contributed by atoms with Crippen molar-refractivity contribution >= 4 is 27.7 Å². The van der Waals surface area contributed by atoms with E-state index in [1.807, 2.05) is 44.2 Å². The highest BCUT2D eigenvalue weighted by Crippen LogP contribution is 2.20. The molecule has 2 aromatic rings. The first-order valence-corrected chi connectivity index (χ1v) is 8.22. The van der Waals surface area contributed by atoms with Crippen LogP contribution in [0.2, 0.25) is 0 Å². The van der Waals surface area contributed by atoms with E-state index in [-0.39, 0.29) is 5.91 Å². The van der Waals surface area contributed by atoms with Crippen molar-refractivity contribution < 1.29 is 4.79 Å². The van der Waals surface area contributed by atoms with Gasteiger partial charge in [-0.3, -0.25) is 4.79 Å². The second-order valence-electron chi connectivity index (χ2n) is 5.06. The summed E-state index contributed by atoms with van der Waals surface area (Å²) in [5.41, 5.74) is 2.99. The predicted octanol–water partition coefficient (Wildman–Crippen LogP) is 3.99. The smallest absolute Gasteiger partial charge is 0.225 e. The molecule has 0 fully saturated rings. The van der Waals surface area contributed by atoms with Gasteiger partial charge < -0.3 is 5.32 Å². The Morgan fingerprint density at radius 1 is 1.29 bits per heavy atom. The lowest BCUT2D eigenvalue weighted by Gasteiger charge is -2.11. The number of aryl methyl sites for hydroxylation is 2. The zero-order valence-electron chi connectivity index (χ0n) is 12.4. The van der Waals surface area contributed by atoms with Crippen LogP contribution in [0, 0.1) is 13.8 Å². The van der Waals surface area contributed by atoms with Crippen LogP contribution in [0.15, 0.2) is 30.3 Å². The molecule has 0 unspecified atom stereocenters. The summed E-state index contributed by atoms with van der Waals surface area (Å²) in [6.07, 6.45) is 2.42. The topological polar surface area (TPSA) is 46.9 Å². The summed E-state index contributed by atoms with van der Waals surface area (Å²) in [6, 6.07) is 9.90. The molecule has 0 saturated heterocycles. The molecule has 1 amide bonds. The van der Waals surface area contributed by atoms with Crippen molar-refractivity contribution in [1.29, 1.82) is 0 Å². The van der Waals surface area contributed by atoms with Crippen LogP contribution in [0.25, 0.3) is 5.69 Å². The van der Waals surface area contributed by atoms with Gasteiger partial charge in [0.2, 0.25) is 5.91 Å². The third kappa shape index (κ3) is 4.17. The van der Waals surface area contributed by atoms with Gasteiger partial charge in [-0.25, -0.2) is 4.68 Å². The lowest BCUT2D eigenvalue weighted by Crippen LogP contribution is -2.15. The number of anilines is 1. The van der Waals surface area contributed by atoms with Gasteiger partial charge in [-0.05, 0) is 38.3 Å². The van der Waals surface area contributed by atoms with Gasteiger partial charge in [0.25, 0.3) is 0 Å². The number of carbonyl (C=O) groups excluding carboxylic acids is 1. The highest BCUT2D eigenvalue weighted by atomic mass is 79.9. The average Bonchev–Trinajstić information content (AvgIpc) is 2.80. The summed E-state index contributed by atoms with van der Waals surface area (Å²) < 4.78 is 1.80. The van der Waals surface area contributed by atoms with Crippen molar-refractivity contribution in [2.75, 3.05) is 10.6 Å². The van der Waals surface area contributed by atoms with E-state index in [1.165, 1.54) is 0 Å². The molecule has 1 heterocycles. The van der Waals surface area contributed by atoms with Gasteiger partial charge >= 0.3 is 0 Å². The first-order chi connectivity index (χ1) is 10.1. The molecule has 4 nitrogen and oxygen atoms in total. The largest absolute Gasteiger partial charge is 0.311 e. The van der Waals surface area contributed by atoms with Crippen molar-refractivity contribution in [3.8, 4) is 5.69 Å². The Morgan fingerprint density at radius 2 is 2.05 bits per heavy atom. The van der Waals surface area contributed by atoms with Crippen LogP contribution >= 0.6 is 15.9 Å². The number of aromatic nitrogens is 2. The summed E-state index contributed by atoms with van der Waals surface area (Å²) in [7, 11) is 0. The molecule has 0 bridgehead atoms. The third-order valence-electron chi connectivity index (χ3n) is 3.23. The Kier molecular flexibility index (Phi) is 5.56. The number of hydrogen-bond acceptors (Lipinski definition) is 2. The fourth-order valence-electron chi connectivity index (χ4n) is 2.16. The van der Waals surface area contributed by atoms with Gasteiger partial charge in [-0.1, -0.05) is 34.1 Å². The summed E-state index contributed by atoms with van der Waals surface area (Å²) in [5.74, 6) is 0.760. The van der Waals surface area contributed by atoms with Gasteiger partial charge in [-0.2, -0.15) is 5.10 Å². The number of para-hydroxylation sites is 1. The minimum absolute atomic E-state index is 0.0330. The fraction of sp³-hybridized carbons (Fsp3) is 0.375. The number of alkyl halides is 1. The zero-order valence-corrected chi connectivity index (χ0v) is 14.0. The van der Waals surface area contributed by atoms with E-state index >= 15 is 0 Å². The normalized spacial score (nSPS) is 10.6. The number of carbonyl (C=O) groups is 1. The van der Waals surface area contributed by atoms with Crippen molar-refractivity contribution in [2.45, 2.75) is 33.1 Å². The SMILES string of the molecule is Cc1cc(NC(=O)CCCCBr)n(-c2ccccc2C)n1. The van der Waals surface area contributed by atoms with E-state index in [1.54, 1.807) is 4.68 Å². The molecular formula is C16H20BrN3O. The Hall–Kier alpha value is -1.62. The van der Waals surface area contributed by atoms with Gasteiger partial charge in [0.1, 0.15) is 5.82 Å². The van der Waals surface area contributed by atoms with Crippen LogP contribution < -0.4 is 5.32 Å². The molecule has 1 aromatic heterocycles. The van der Waals surface area contributed by atoms with Crippen LogP contribution in [0.5, 0.6) is 0 Å². The minimum Gasteiger partial charge on any atom is -0.311 e. The van der Waals surface area contributed by atoms with E-state index in [4.69, 9.17) is 0 Å². The Bertz CT molecular complexity index is 622. The van der Waals surface area contributed by atoms with Crippen LogP contribution in [-0.4, -0.2) is 21.0 Å². The fourth-order valence-corrected chi connectivity index (χ4v) is 2.56. The Morgan fingerprint density at radius 3 is 2.76 bits per heavy atom. The molecule has 2 rings (SSSR count). The lowest BCUT2D eigenvalue weighted by molar-refractivity contribution is -0.116. The molecular weight excluding hydrogens is 330 g/mol. The number of halogens is 1. The van der Waals surface area contributed by atoms with E-state index in [0.717, 1.165) is 40.9 Å². The second-order valence-corrected chi connectivity index (χ2v) is 5.86.